The fraction of sp³-hybridized carbons (Fsp3) is 0.440. The van der Waals surface area contributed by atoms with E-state index >= 15 is 0 Å². The third-order valence-corrected chi connectivity index (χ3v) is 7.46. The summed E-state index contributed by atoms with van der Waals surface area (Å²) in [4.78, 5) is 10.2. The van der Waals surface area contributed by atoms with Crippen LogP contribution in [0.15, 0.2) is 48.5 Å². The molecule has 0 aliphatic carbocycles. The van der Waals surface area contributed by atoms with E-state index in [0.717, 1.165) is 29.5 Å². The van der Waals surface area contributed by atoms with E-state index in [1.807, 2.05) is 62.4 Å². The summed E-state index contributed by atoms with van der Waals surface area (Å²) < 4.78 is 0. The molecular formula is C25H39NO2PY-. The summed E-state index contributed by atoms with van der Waals surface area (Å²) in [7, 11) is 1.50. The van der Waals surface area contributed by atoms with Crippen LogP contribution in [0, 0.1) is 20.8 Å². The summed E-state index contributed by atoms with van der Waals surface area (Å²) in [6, 6.07) is 15.8. The molecule has 0 aromatic heterocycles. The van der Waals surface area contributed by atoms with Crippen molar-refractivity contribution in [3.05, 3.63) is 72.1 Å². The Labute approximate surface area is 211 Å². The molecule has 165 valence electrons. The van der Waals surface area contributed by atoms with Crippen molar-refractivity contribution < 1.29 is 42.6 Å². The molecule has 0 saturated carbocycles. The second-order valence-electron chi connectivity index (χ2n) is 6.86. The average Bonchev–Trinajstić information content (AvgIpc) is 3.03. The first kappa shape index (κ1) is 31.5. The molecule has 0 unspecified atom stereocenters. The summed E-state index contributed by atoms with van der Waals surface area (Å²) in [6.45, 7) is 10.0. The van der Waals surface area contributed by atoms with E-state index in [4.69, 9.17) is 5.11 Å². The summed E-state index contributed by atoms with van der Waals surface area (Å²) in [5.74, 6) is 0. The van der Waals surface area contributed by atoms with Crippen LogP contribution in [0.25, 0.3) is 0 Å². The second-order valence-corrected chi connectivity index (χ2v) is 9.73. The molecule has 1 saturated heterocycles. The van der Waals surface area contributed by atoms with E-state index in [1.165, 1.54) is 31.8 Å². The molecule has 0 spiro atoms. The third kappa shape index (κ3) is 15.1. The zero-order chi connectivity index (χ0) is 21.9. The van der Waals surface area contributed by atoms with Crippen molar-refractivity contribution in [2.45, 2.75) is 46.5 Å². The van der Waals surface area contributed by atoms with Gasteiger partial charge in [-0.3, -0.25) is 4.79 Å². The number of nitrogens with one attached hydrogen (secondary N) is 1. The predicted octanol–water partition coefficient (Wildman–Crippen LogP) is 6.41. The summed E-state index contributed by atoms with van der Waals surface area (Å²) in [5.41, 5.74) is 4.18. The first-order valence-electron chi connectivity index (χ1n) is 10.4. The van der Waals surface area contributed by atoms with E-state index in [1.54, 1.807) is 12.3 Å². The molecule has 3 rings (SSSR count). The third-order valence-electron chi connectivity index (χ3n) is 4.67. The number of aliphatic hydroxyl groups is 1. The minimum absolute atomic E-state index is 0. The first-order chi connectivity index (χ1) is 14.1. The van der Waals surface area contributed by atoms with Gasteiger partial charge < -0.3 is 10.4 Å². The molecule has 1 amide bonds. The first-order valence-corrected chi connectivity index (χ1v) is 12.3. The van der Waals surface area contributed by atoms with Crippen LogP contribution in [0.1, 0.15) is 49.3 Å². The van der Waals surface area contributed by atoms with Gasteiger partial charge in [0.1, 0.15) is 0 Å². The fourth-order valence-electron chi connectivity index (χ4n) is 3.03. The van der Waals surface area contributed by atoms with Crippen LogP contribution in [0.2, 0.25) is 0 Å². The van der Waals surface area contributed by atoms with E-state index in [9.17, 15) is 4.79 Å². The van der Waals surface area contributed by atoms with Crippen LogP contribution in [-0.4, -0.2) is 37.1 Å². The molecule has 1 fully saturated rings. The molecular weight excluding hydrogens is 466 g/mol. The van der Waals surface area contributed by atoms with E-state index in [2.05, 4.69) is 19.2 Å². The van der Waals surface area contributed by atoms with Crippen LogP contribution in [0.4, 0.5) is 5.69 Å². The smallest absolute Gasteiger partial charge is 0.211 e. The Morgan fingerprint density at radius 3 is 1.80 bits per heavy atom. The van der Waals surface area contributed by atoms with Gasteiger partial charge in [0, 0.05) is 45.5 Å². The van der Waals surface area contributed by atoms with E-state index < -0.39 is 0 Å². The van der Waals surface area contributed by atoms with Crippen LogP contribution >= 0.6 is 7.92 Å². The number of benzene rings is 2. The van der Waals surface area contributed by atoms with Gasteiger partial charge in [-0.2, -0.15) is 24.6 Å². The molecule has 1 aliphatic rings. The summed E-state index contributed by atoms with van der Waals surface area (Å²) in [6.07, 6.45) is 11.4. The Hall–Kier alpha value is -0.726. The molecule has 2 aromatic rings. The van der Waals surface area contributed by atoms with Gasteiger partial charge in [0.15, 0.2) is 0 Å². The Balaban J connectivity index is 0. The number of hydrogen-bond donors (Lipinski definition) is 2. The van der Waals surface area contributed by atoms with Crippen molar-refractivity contribution in [3.63, 3.8) is 0 Å². The van der Waals surface area contributed by atoms with Gasteiger partial charge in [-0.15, -0.1) is 20.1 Å². The van der Waals surface area contributed by atoms with Crippen molar-refractivity contribution in [1.29, 1.82) is 0 Å². The van der Waals surface area contributed by atoms with Crippen LogP contribution in [-0.2, 0) is 37.5 Å². The van der Waals surface area contributed by atoms with Crippen molar-refractivity contribution in [2.75, 3.05) is 30.9 Å². The molecule has 1 heterocycles. The van der Waals surface area contributed by atoms with Gasteiger partial charge in [-0.25, -0.2) is 0 Å². The Kier molecular flexibility index (Phi) is 22.6. The molecule has 5 heteroatoms. The number of aliphatic hydroxyl groups excluding tert-OH is 1. The van der Waals surface area contributed by atoms with Crippen molar-refractivity contribution >= 4 is 20.0 Å². The Bertz CT molecular complexity index is 625. The minimum Gasteiger partial charge on any atom is -0.400 e. The number of anilines is 1. The van der Waals surface area contributed by atoms with Gasteiger partial charge in [-0.1, -0.05) is 44.0 Å². The normalized spacial score (nSPS) is 12.7. The average molecular weight is 505 g/mol. The van der Waals surface area contributed by atoms with Crippen molar-refractivity contribution in [1.82, 2.24) is 0 Å². The number of aryl methyl sites for hydroxylation is 2. The SMILES string of the molecule is CCP1CCCCCC1.CO.Cc1cccc(C)c1NC=O.[CH2-]c1ccccc1.[Y]. The van der Waals surface area contributed by atoms with Crippen molar-refractivity contribution in [3.8, 4) is 0 Å². The maximum absolute atomic E-state index is 10.2. The quantitative estimate of drug-likeness (QED) is 0.288. The van der Waals surface area contributed by atoms with Gasteiger partial charge in [-0.05, 0) is 56.3 Å². The zero-order valence-corrected chi connectivity index (χ0v) is 23.0. The van der Waals surface area contributed by atoms with Gasteiger partial charge in [0.25, 0.3) is 0 Å². The van der Waals surface area contributed by atoms with Gasteiger partial charge >= 0.3 is 0 Å². The summed E-state index contributed by atoms with van der Waals surface area (Å²) >= 11 is 0. The number of amides is 1. The molecule has 1 aliphatic heterocycles. The molecule has 0 atom stereocenters. The maximum Gasteiger partial charge on any atom is 0.211 e. The molecule has 3 nitrogen and oxygen atoms in total. The summed E-state index contributed by atoms with van der Waals surface area (Å²) in [5, 5.41) is 9.66. The number of rotatable bonds is 3. The van der Waals surface area contributed by atoms with Gasteiger partial charge in [0.2, 0.25) is 6.41 Å². The number of carbonyl (C=O) groups excluding carboxylic acids is 1. The molecule has 2 N–H and O–H groups in total. The van der Waals surface area contributed by atoms with Crippen LogP contribution in [0.5, 0.6) is 0 Å². The predicted molar refractivity (Wildman–Crippen MR) is 130 cm³/mol. The molecule has 30 heavy (non-hydrogen) atoms. The van der Waals surface area contributed by atoms with E-state index in [0.29, 0.717) is 14.3 Å². The molecule has 0 bridgehead atoms. The van der Waals surface area contributed by atoms with E-state index in [-0.39, 0.29) is 32.7 Å². The van der Waals surface area contributed by atoms with Crippen molar-refractivity contribution in [2.24, 2.45) is 0 Å². The van der Waals surface area contributed by atoms with Gasteiger partial charge in [0.05, 0.1) is 0 Å². The minimum atomic E-state index is 0. The number of hydrogen-bond acceptors (Lipinski definition) is 2. The van der Waals surface area contributed by atoms with Crippen LogP contribution in [0.3, 0.4) is 0 Å². The van der Waals surface area contributed by atoms with Crippen LogP contribution < -0.4 is 5.32 Å². The largest absolute Gasteiger partial charge is 0.400 e. The molecule has 1 radical (unpaired) electrons. The number of carbonyl (C=O) groups is 1. The monoisotopic (exact) mass is 505 g/mol. The Morgan fingerprint density at radius 2 is 1.43 bits per heavy atom. The maximum atomic E-state index is 10.2. The Morgan fingerprint density at radius 1 is 0.933 bits per heavy atom. The second kappa shape index (κ2) is 21.5. The molecule has 2 aromatic carbocycles. The topological polar surface area (TPSA) is 49.3 Å². The number of para-hydroxylation sites is 1. The fourth-order valence-corrected chi connectivity index (χ4v) is 5.23. The zero-order valence-electron chi connectivity index (χ0n) is 19.2. The standard InChI is InChI=1S/C9H11NO.C8H17P.C7H7.CH4O.Y/c1-7-4-3-5-8(2)9(7)10-6-11;1-2-9-7-5-3-4-6-8-9;1-7-5-3-2-4-6-7;1-2;/h3-6H,1-2H3,(H,10,11);2-8H2,1H3;2-6H,1H2;2H,1H3;/q;;-1;;.